The number of rotatable bonds is 8. The van der Waals surface area contributed by atoms with Gasteiger partial charge in [0.2, 0.25) is 0 Å². The normalized spacial score (nSPS) is 13.6. The largest absolute Gasteiger partial charge is 0.508 e. The Morgan fingerprint density at radius 1 is 1.03 bits per heavy atom. The Hall–Kier alpha value is -2.42. The summed E-state index contributed by atoms with van der Waals surface area (Å²) in [5.41, 5.74) is 3.64. The van der Waals surface area contributed by atoms with Gasteiger partial charge in [-0.25, -0.2) is 0 Å². The van der Waals surface area contributed by atoms with E-state index in [4.69, 9.17) is 0 Å². The molecule has 0 aliphatic rings. The third kappa shape index (κ3) is 6.56. The molecule has 29 heavy (non-hydrogen) atoms. The number of carbonyl (C=O) groups is 2. The first-order valence-electron chi connectivity index (χ1n) is 10.7. The fraction of sp³-hybridized carbons (Fsp3) is 0.462. The Morgan fingerprint density at radius 3 is 2.14 bits per heavy atom. The summed E-state index contributed by atoms with van der Waals surface area (Å²) in [5, 5.41) is 9.95. The molecule has 2 aromatic carbocycles. The minimum atomic E-state index is -0.154. The fourth-order valence-corrected chi connectivity index (χ4v) is 3.71. The van der Waals surface area contributed by atoms with Crippen molar-refractivity contribution in [2.75, 3.05) is 0 Å². The molecule has 3 atom stereocenters. The van der Waals surface area contributed by atoms with Crippen LogP contribution >= 0.6 is 0 Å². The lowest BCUT2D eigenvalue weighted by Gasteiger charge is -2.31. The highest BCUT2D eigenvalue weighted by molar-refractivity contribution is 5.96. The maximum atomic E-state index is 12.1. The Morgan fingerprint density at radius 2 is 1.66 bits per heavy atom. The molecule has 0 amide bonds. The Bertz CT molecular complexity index is 792. The van der Waals surface area contributed by atoms with Crippen LogP contribution in [0.1, 0.15) is 92.8 Å². The molecule has 158 valence electrons. The van der Waals surface area contributed by atoms with E-state index < -0.39 is 0 Å². The average molecular weight is 397 g/mol. The van der Waals surface area contributed by atoms with E-state index in [0.717, 1.165) is 29.4 Å². The van der Waals surface area contributed by atoms with Gasteiger partial charge in [-0.15, -0.1) is 0 Å². The second-order valence-electron chi connectivity index (χ2n) is 7.71. The first kappa shape index (κ1) is 24.6. The molecule has 2 rings (SSSR count). The van der Waals surface area contributed by atoms with E-state index in [2.05, 4.69) is 19.9 Å². The van der Waals surface area contributed by atoms with Gasteiger partial charge in [-0.2, -0.15) is 0 Å². The van der Waals surface area contributed by atoms with Crippen LogP contribution in [0.3, 0.4) is 0 Å². The van der Waals surface area contributed by atoms with E-state index in [9.17, 15) is 14.7 Å². The van der Waals surface area contributed by atoms with Crippen molar-refractivity contribution >= 4 is 12.1 Å². The van der Waals surface area contributed by atoms with Crippen molar-refractivity contribution < 1.29 is 14.7 Å². The standard InChI is InChI=1S/C22H26O3.C4H10/c1-5-17(13-23)22(19-9-7-6-8-14(19)2)15(3)21-12-18(25)10-11-20(21)16(4)24;1-3-4-2/h6-13,15,17,22,25H,5H2,1-4H3;3-4H2,1-2H3. The molecular formula is C26H36O3. The molecule has 1 N–H and O–H groups in total. The maximum absolute atomic E-state index is 12.1. The molecule has 0 spiro atoms. The van der Waals surface area contributed by atoms with Gasteiger partial charge in [-0.3, -0.25) is 4.79 Å². The molecule has 0 fully saturated rings. The quantitative estimate of drug-likeness (QED) is 0.393. The van der Waals surface area contributed by atoms with Crippen molar-refractivity contribution in [1.29, 1.82) is 0 Å². The van der Waals surface area contributed by atoms with Gasteiger partial charge in [-0.05, 0) is 61.1 Å². The number of aryl methyl sites for hydroxylation is 1. The maximum Gasteiger partial charge on any atom is 0.160 e. The molecule has 0 aliphatic carbocycles. The summed E-state index contributed by atoms with van der Waals surface area (Å²) < 4.78 is 0. The Labute approximate surface area is 176 Å². The van der Waals surface area contributed by atoms with Gasteiger partial charge in [0, 0.05) is 17.4 Å². The summed E-state index contributed by atoms with van der Waals surface area (Å²) in [6.45, 7) is 12.0. The van der Waals surface area contributed by atoms with Crippen LogP contribution < -0.4 is 0 Å². The zero-order valence-electron chi connectivity index (χ0n) is 18.7. The highest BCUT2D eigenvalue weighted by atomic mass is 16.3. The number of aldehydes is 1. The van der Waals surface area contributed by atoms with E-state index in [0.29, 0.717) is 5.56 Å². The number of carbonyl (C=O) groups excluding carboxylic acids is 2. The summed E-state index contributed by atoms with van der Waals surface area (Å²) in [4.78, 5) is 23.8. The third-order valence-electron chi connectivity index (χ3n) is 5.60. The monoisotopic (exact) mass is 396 g/mol. The molecule has 0 bridgehead atoms. The van der Waals surface area contributed by atoms with E-state index in [1.54, 1.807) is 12.1 Å². The molecule has 2 aromatic rings. The van der Waals surface area contributed by atoms with Crippen LogP contribution in [0.4, 0.5) is 0 Å². The number of ketones is 1. The summed E-state index contributed by atoms with van der Waals surface area (Å²) in [6.07, 6.45) is 4.38. The van der Waals surface area contributed by atoms with Crippen LogP contribution in [-0.2, 0) is 4.79 Å². The van der Waals surface area contributed by atoms with Crippen LogP contribution in [0.2, 0.25) is 0 Å². The van der Waals surface area contributed by atoms with Crippen molar-refractivity contribution in [1.82, 2.24) is 0 Å². The second-order valence-corrected chi connectivity index (χ2v) is 7.71. The van der Waals surface area contributed by atoms with Crippen LogP contribution in [0.5, 0.6) is 5.75 Å². The topological polar surface area (TPSA) is 54.4 Å². The molecule has 0 aliphatic heterocycles. The van der Waals surface area contributed by atoms with Gasteiger partial charge >= 0.3 is 0 Å². The van der Waals surface area contributed by atoms with Crippen molar-refractivity contribution in [2.45, 2.75) is 72.6 Å². The number of phenols is 1. The van der Waals surface area contributed by atoms with Crippen molar-refractivity contribution in [3.8, 4) is 5.75 Å². The van der Waals surface area contributed by atoms with Gasteiger partial charge < -0.3 is 9.90 Å². The van der Waals surface area contributed by atoms with Crippen LogP contribution in [0.25, 0.3) is 0 Å². The van der Waals surface area contributed by atoms with E-state index in [1.807, 2.05) is 39.0 Å². The number of phenolic OH excluding ortho intramolecular Hbond substituents is 1. The molecule has 3 heteroatoms. The fourth-order valence-electron chi connectivity index (χ4n) is 3.71. The van der Waals surface area contributed by atoms with Crippen LogP contribution in [0, 0.1) is 12.8 Å². The summed E-state index contributed by atoms with van der Waals surface area (Å²) >= 11 is 0. The molecule has 0 heterocycles. The molecule has 0 aromatic heterocycles. The van der Waals surface area contributed by atoms with Gasteiger partial charge in [-0.1, -0.05) is 64.8 Å². The molecule has 0 saturated carbocycles. The number of hydrogen-bond donors (Lipinski definition) is 1. The second kappa shape index (κ2) is 12.2. The number of Topliss-reactive ketones (excluding diaryl/α,β-unsaturated/α-hetero) is 1. The summed E-state index contributed by atoms with van der Waals surface area (Å²) in [7, 11) is 0. The molecule has 3 unspecified atom stereocenters. The zero-order valence-corrected chi connectivity index (χ0v) is 18.7. The van der Waals surface area contributed by atoms with E-state index >= 15 is 0 Å². The number of benzene rings is 2. The first-order chi connectivity index (χ1) is 13.8. The minimum absolute atomic E-state index is 0.0375. The van der Waals surface area contributed by atoms with Crippen molar-refractivity contribution in [3.63, 3.8) is 0 Å². The predicted octanol–water partition coefficient (Wildman–Crippen LogP) is 6.82. The van der Waals surface area contributed by atoms with Crippen molar-refractivity contribution in [3.05, 3.63) is 64.7 Å². The highest BCUT2D eigenvalue weighted by Crippen LogP contribution is 2.42. The summed E-state index contributed by atoms with van der Waals surface area (Å²) in [6, 6.07) is 12.9. The van der Waals surface area contributed by atoms with Crippen LogP contribution in [0.15, 0.2) is 42.5 Å². The van der Waals surface area contributed by atoms with Gasteiger partial charge in [0.25, 0.3) is 0 Å². The number of unbranched alkanes of at least 4 members (excludes halogenated alkanes) is 1. The van der Waals surface area contributed by atoms with Gasteiger partial charge in [0.05, 0.1) is 0 Å². The Balaban J connectivity index is 0.000000960. The van der Waals surface area contributed by atoms with Gasteiger partial charge in [0.1, 0.15) is 12.0 Å². The highest BCUT2D eigenvalue weighted by Gasteiger charge is 2.31. The van der Waals surface area contributed by atoms with Crippen LogP contribution in [-0.4, -0.2) is 17.2 Å². The minimum Gasteiger partial charge on any atom is -0.508 e. The Kier molecular flexibility index (Phi) is 10.4. The van der Waals surface area contributed by atoms with Crippen molar-refractivity contribution in [2.24, 2.45) is 5.92 Å². The van der Waals surface area contributed by atoms with E-state index in [1.165, 1.54) is 25.8 Å². The lowest BCUT2D eigenvalue weighted by Crippen LogP contribution is -2.22. The zero-order chi connectivity index (χ0) is 22.0. The predicted molar refractivity (Wildman–Crippen MR) is 121 cm³/mol. The SMILES string of the molecule is CCC(C=O)C(c1ccccc1C)C(C)c1cc(O)ccc1C(C)=O.CCCC. The average Bonchev–Trinajstić information content (AvgIpc) is 2.72. The van der Waals surface area contributed by atoms with E-state index in [-0.39, 0.29) is 29.3 Å². The molecule has 0 saturated heterocycles. The molecule has 0 radical (unpaired) electrons. The lowest BCUT2D eigenvalue weighted by atomic mass is 9.72. The smallest absolute Gasteiger partial charge is 0.160 e. The molecule has 3 nitrogen and oxygen atoms in total. The first-order valence-corrected chi connectivity index (χ1v) is 10.7. The molecular weight excluding hydrogens is 360 g/mol. The lowest BCUT2D eigenvalue weighted by molar-refractivity contribution is -0.112. The summed E-state index contributed by atoms with van der Waals surface area (Å²) in [5.74, 6) is -0.192. The number of aromatic hydroxyl groups is 1. The number of hydrogen-bond acceptors (Lipinski definition) is 3. The third-order valence-corrected chi connectivity index (χ3v) is 5.60. The van der Waals surface area contributed by atoms with Gasteiger partial charge in [0.15, 0.2) is 5.78 Å².